The summed E-state index contributed by atoms with van der Waals surface area (Å²) in [7, 11) is 0. The molecule has 1 nitrogen and oxygen atoms in total. The standard InChI is InChI=1S/C18H30N.3C4H9.Sn/c1-2-3-4-5-6-7-8-9-10-11-12-15-18-16-13-14-17-19-18;3*1-3-4-2;/h13,16-17H,2-12,15H2,1H3;3*1,3-4H2,2H3;. The minimum atomic E-state index is -2.29. The van der Waals surface area contributed by atoms with Crippen LogP contribution in [0.5, 0.6) is 0 Å². The van der Waals surface area contributed by atoms with E-state index in [1.165, 1.54) is 121 Å². The Morgan fingerprint density at radius 2 is 0.969 bits per heavy atom. The Kier molecular flexibility index (Phi) is 19.0. The molecule has 1 aromatic heterocycles. The average Bonchev–Trinajstić information content (AvgIpc) is 2.83. The first kappa shape index (κ1) is 30.0. The first-order valence-electron chi connectivity index (χ1n) is 14.7. The molecule has 0 fully saturated rings. The van der Waals surface area contributed by atoms with Gasteiger partial charge in [-0.3, -0.25) is 0 Å². The van der Waals surface area contributed by atoms with Crippen molar-refractivity contribution in [2.45, 2.75) is 157 Å². The maximum atomic E-state index is 5.00. The van der Waals surface area contributed by atoms with Gasteiger partial charge in [0.2, 0.25) is 0 Å². The first-order valence-corrected chi connectivity index (χ1v) is 22.2. The molecule has 0 unspecified atom stereocenters. The number of unbranched alkanes of at least 4 members (excludes halogenated alkanes) is 13. The van der Waals surface area contributed by atoms with Crippen LogP contribution in [-0.2, 0) is 6.42 Å². The SMILES string of the molecule is CCCCCCCCCCCCCc1cc[c]([Sn]([CH2]CCC)([CH2]CCC)[CH2]CCC)cn1. The van der Waals surface area contributed by atoms with Gasteiger partial charge in [-0.05, 0) is 0 Å². The van der Waals surface area contributed by atoms with Crippen LogP contribution >= 0.6 is 0 Å². The Labute approximate surface area is 206 Å². The number of nitrogens with zero attached hydrogens (tertiary/aromatic N) is 1. The Bertz CT molecular complexity index is 502. The van der Waals surface area contributed by atoms with Crippen LogP contribution in [0.4, 0.5) is 0 Å². The third-order valence-corrected chi connectivity index (χ3v) is 23.1. The summed E-state index contributed by atoms with van der Waals surface area (Å²) < 4.78 is 6.37. The maximum absolute atomic E-state index is 5.00. The van der Waals surface area contributed by atoms with Gasteiger partial charge in [-0.25, -0.2) is 0 Å². The number of rotatable bonds is 22. The molecular formula is C30H57NSn. The van der Waals surface area contributed by atoms with E-state index < -0.39 is 18.4 Å². The van der Waals surface area contributed by atoms with E-state index in [2.05, 4.69) is 46.0 Å². The van der Waals surface area contributed by atoms with Crippen molar-refractivity contribution in [1.82, 2.24) is 4.98 Å². The van der Waals surface area contributed by atoms with E-state index >= 15 is 0 Å². The van der Waals surface area contributed by atoms with Gasteiger partial charge in [0.1, 0.15) is 0 Å². The summed E-state index contributed by atoms with van der Waals surface area (Å²) in [6.45, 7) is 9.40. The molecule has 0 atom stereocenters. The van der Waals surface area contributed by atoms with Crippen LogP contribution in [0.25, 0.3) is 0 Å². The van der Waals surface area contributed by atoms with Gasteiger partial charge >= 0.3 is 175 Å². The molecule has 1 rings (SSSR count). The van der Waals surface area contributed by atoms with Crippen LogP contribution in [0.3, 0.4) is 0 Å². The van der Waals surface area contributed by atoms with Gasteiger partial charge in [-0.1, -0.05) is 32.6 Å². The minimum absolute atomic E-state index is 1.18. The molecule has 1 aromatic rings. The van der Waals surface area contributed by atoms with Crippen LogP contribution in [0, 0.1) is 0 Å². The molecule has 0 spiro atoms. The average molecular weight is 551 g/mol. The molecule has 0 bridgehead atoms. The van der Waals surface area contributed by atoms with Crippen molar-refractivity contribution in [3.63, 3.8) is 0 Å². The van der Waals surface area contributed by atoms with Crippen LogP contribution in [0.1, 0.15) is 143 Å². The molecule has 1 heterocycles. The van der Waals surface area contributed by atoms with Crippen LogP contribution < -0.4 is 3.58 Å². The normalized spacial score (nSPS) is 11.9. The van der Waals surface area contributed by atoms with Gasteiger partial charge in [0.15, 0.2) is 0 Å². The Morgan fingerprint density at radius 1 is 0.531 bits per heavy atom. The fourth-order valence-electron chi connectivity index (χ4n) is 5.21. The summed E-state index contributed by atoms with van der Waals surface area (Å²) in [4.78, 5) is 5.00. The monoisotopic (exact) mass is 551 g/mol. The van der Waals surface area contributed by atoms with Gasteiger partial charge in [0.05, 0.1) is 0 Å². The van der Waals surface area contributed by atoms with E-state index in [0.29, 0.717) is 0 Å². The third-order valence-electron chi connectivity index (χ3n) is 7.50. The van der Waals surface area contributed by atoms with Gasteiger partial charge in [0.25, 0.3) is 0 Å². The van der Waals surface area contributed by atoms with E-state index in [0.717, 1.165) is 0 Å². The van der Waals surface area contributed by atoms with E-state index in [4.69, 9.17) is 4.98 Å². The number of hydrogen-bond donors (Lipinski definition) is 0. The van der Waals surface area contributed by atoms with Crippen LogP contribution in [-0.4, -0.2) is 23.4 Å². The fraction of sp³-hybridized carbons (Fsp3) is 0.833. The number of pyridine rings is 1. The molecule has 186 valence electrons. The van der Waals surface area contributed by atoms with Crippen LogP contribution in [0.15, 0.2) is 18.3 Å². The second kappa shape index (κ2) is 20.3. The molecule has 0 radical (unpaired) electrons. The summed E-state index contributed by atoms with van der Waals surface area (Å²) in [6, 6.07) is 4.94. The van der Waals surface area contributed by atoms with Gasteiger partial charge in [-0.15, -0.1) is 0 Å². The van der Waals surface area contributed by atoms with E-state index in [1.807, 2.05) is 0 Å². The molecule has 2 heteroatoms. The van der Waals surface area contributed by atoms with Crippen molar-refractivity contribution in [1.29, 1.82) is 0 Å². The Balaban J connectivity index is 2.42. The molecule has 0 aliphatic carbocycles. The van der Waals surface area contributed by atoms with Crippen molar-refractivity contribution in [2.75, 3.05) is 0 Å². The first-order chi connectivity index (χ1) is 15.7. The van der Waals surface area contributed by atoms with E-state index in [-0.39, 0.29) is 0 Å². The molecule has 0 saturated heterocycles. The molecule has 0 aromatic carbocycles. The Morgan fingerprint density at radius 3 is 1.38 bits per heavy atom. The van der Waals surface area contributed by atoms with Crippen molar-refractivity contribution >= 4 is 22.0 Å². The van der Waals surface area contributed by atoms with Crippen molar-refractivity contribution in [2.24, 2.45) is 0 Å². The Hall–Kier alpha value is -0.0513. The number of aromatic nitrogens is 1. The second-order valence-corrected chi connectivity index (χ2v) is 23.7. The predicted octanol–water partition coefficient (Wildman–Crippen LogP) is 9.99. The molecule has 0 N–H and O–H groups in total. The van der Waals surface area contributed by atoms with Gasteiger partial charge < -0.3 is 0 Å². The zero-order valence-electron chi connectivity index (χ0n) is 22.5. The molecule has 0 amide bonds. The summed E-state index contributed by atoms with van der Waals surface area (Å²) in [5.41, 5.74) is 1.34. The number of hydrogen-bond acceptors (Lipinski definition) is 1. The summed E-state index contributed by atoms with van der Waals surface area (Å²) in [5.74, 6) is 0. The van der Waals surface area contributed by atoms with Gasteiger partial charge in [0, 0.05) is 0 Å². The van der Waals surface area contributed by atoms with Crippen molar-refractivity contribution < 1.29 is 0 Å². The van der Waals surface area contributed by atoms with Gasteiger partial charge in [-0.2, -0.15) is 0 Å². The summed E-state index contributed by atoms with van der Waals surface area (Å²) >= 11 is -2.29. The quantitative estimate of drug-likeness (QED) is 0.103. The van der Waals surface area contributed by atoms with Crippen LogP contribution in [0.2, 0.25) is 13.3 Å². The third kappa shape index (κ3) is 13.0. The molecule has 0 aliphatic heterocycles. The van der Waals surface area contributed by atoms with E-state index in [1.54, 1.807) is 16.9 Å². The molecule has 0 aliphatic rings. The zero-order chi connectivity index (χ0) is 23.3. The van der Waals surface area contributed by atoms with Crippen molar-refractivity contribution in [3.05, 3.63) is 24.0 Å². The molecule has 32 heavy (non-hydrogen) atoms. The van der Waals surface area contributed by atoms with Crippen molar-refractivity contribution in [3.8, 4) is 0 Å². The predicted molar refractivity (Wildman–Crippen MR) is 149 cm³/mol. The topological polar surface area (TPSA) is 12.9 Å². The zero-order valence-corrected chi connectivity index (χ0v) is 25.4. The summed E-state index contributed by atoms with van der Waals surface area (Å²) in [5, 5.41) is 0. The fourth-order valence-corrected chi connectivity index (χ4v) is 20.9. The summed E-state index contributed by atoms with van der Waals surface area (Å²) in [6.07, 6.45) is 27.5. The molecular weight excluding hydrogens is 493 g/mol. The second-order valence-electron chi connectivity index (χ2n) is 10.4. The van der Waals surface area contributed by atoms with E-state index in [9.17, 15) is 0 Å². The molecule has 0 saturated carbocycles. The number of aryl methyl sites for hydroxylation is 1.